The largest absolute Gasteiger partial charge is 0.356 e. The van der Waals surface area contributed by atoms with E-state index in [1.807, 2.05) is 0 Å². The molecule has 0 saturated carbocycles. The van der Waals surface area contributed by atoms with Crippen molar-refractivity contribution in [2.24, 2.45) is 0 Å². The van der Waals surface area contributed by atoms with Crippen LogP contribution in [0.5, 0.6) is 0 Å². The van der Waals surface area contributed by atoms with Gasteiger partial charge in [-0.1, -0.05) is 6.07 Å². The van der Waals surface area contributed by atoms with E-state index in [4.69, 9.17) is 14.2 Å². The Bertz CT molecular complexity index is 548. The zero-order valence-corrected chi connectivity index (χ0v) is 11.6. The number of fused-ring (bicyclic) bond motifs is 1. The minimum atomic E-state index is -0.839. The quantitative estimate of drug-likeness (QED) is 0.795. The number of rotatable bonds is 1. The Balaban J connectivity index is 1.60. The van der Waals surface area contributed by atoms with Crippen molar-refractivity contribution in [2.45, 2.75) is 30.8 Å². The van der Waals surface area contributed by atoms with E-state index in [0.29, 0.717) is 31.9 Å². The molecule has 4 rings (SSSR count). The monoisotopic (exact) mass is 297 g/mol. The summed E-state index contributed by atoms with van der Waals surface area (Å²) in [5.41, 5.74) is 0.663. The van der Waals surface area contributed by atoms with Gasteiger partial charge in [0.15, 0.2) is 17.4 Å². The maximum Gasteiger partial charge on any atom is 0.171 e. The average Bonchev–Trinajstić information content (AvgIpc) is 3.09. The molecule has 0 amide bonds. The van der Waals surface area contributed by atoms with Crippen LogP contribution in [0.3, 0.4) is 0 Å². The van der Waals surface area contributed by atoms with E-state index in [0.717, 1.165) is 19.0 Å². The lowest BCUT2D eigenvalue weighted by molar-refractivity contribution is -0.193. The molecule has 0 aromatic heterocycles. The Morgan fingerprint density at radius 1 is 1.14 bits per heavy atom. The van der Waals surface area contributed by atoms with Crippen LogP contribution in [0.2, 0.25) is 0 Å². The van der Waals surface area contributed by atoms with Gasteiger partial charge in [0.25, 0.3) is 0 Å². The zero-order chi connectivity index (χ0) is 14.4. The van der Waals surface area contributed by atoms with Crippen molar-refractivity contribution < 1.29 is 23.0 Å². The zero-order valence-electron chi connectivity index (χ0n) is 11.6. The first-order chi connectivity index (χ1) is 10.2. The molecule has 0 radical (unpaired) electrons. The molecule has 21 heavy (non-hydrogen) atoms. The van der Waals surface area contributed by atoms with E-state index in [9.17, 15) is 8.78 Å². The summed E-state index contributed by atoms with van der Waals surface area (Å²) in [7, 11) is 0. The first-order valence-corrected chi connectivity index (χ1v) is 7.25. The Kier molecular flexibility index (Phi) is 3.22. The number of hydrogen-bond donors (Lipinski definition) is 0. The van der Waals surface area contributed by atoms with Gasteiger partial charge < -0.3 is 14.2 Å². The summed E-state index contributed by atoms with van der Waals surface area (Å²) in [6.45, 7) is 2.56. The second-order valence-corrected chi connectivity index (χ2v) is 5.83. The number of hydrogen-bond acceptors (Lipinski definition) is 4. The minimum absolute atomic E-state index is 0.0710. The Hall–Kier alpha value is -1.08. The second kappa shape index (κ2) is 4.98. The van der Waals surface area contributed by atoms with Crippen LogP contribution in [0, 0.1) is 11.6 Å². The highest BCUT2D eigenvalue weighted by atomic mass is 19.2. The van der Waals surface area contributed by atoms with Crippen molar-refractivity contribution >= 4 is 0 Å². The van der Waals surface area contributed by atoms with E-state index in [1.165, 1.54) is 6.07 Å². The van der Waals surface area contributed by atoms with Crippen LogP contribution in [-0.4, -0.2) is 43.2 Å². The fourth-order valence-electron chi connectivity index (χ4n) is 3.54. The third-order valence-corrected chi connectivity index (χ3v) is 4.62. The molecule has 2 atom stereocenters. The van der Waals surface area contributed by atoms with Gasteiger partial charge in [-0.25, -0.2) is 8.78 Å². The molecule has 3 heterocycles. The summed E-state index contributed by atoms with van der Waals surface area (Å²) in [6, 6.07) is 4.03. The molecule has 1 aromatic carbocycles. The summed E-state index contributed by atoms with van der Waals surface area (Å²) in [6.07, 6.45) is 1.23. The third kappa shape index (κ3) is 2.26. The number of ether oxygens (including phenoxy) is 3. The van der Waals surface area contributed by atoms with Crippen LogP contribution in [0.15, 0.2) is 18.2 Å². The van der Waals surface area contributed by atoms with Gasteiger partial charge in [-0.3, -0.25) is 4.90 Å². The van der Waals surface area contributed by atoms with Crippen LogP contribution in [0.1, 0.15) is 24.5 Å². The predicted octanol–water partition coefficient (Wildman–Crippen LogP) is 2.20. The van der Waals surface area contributed by atoms with Gasteiger partial charge in [-0.2, -0.15) is 0 Å². The summed E-state index contributed by atoms with van der Waals surface area (Å²) in [5, 5.41) is 0. The normalized spacial score (nSPS) is 31.7. The molecule has 3 fully saturated rings. The van der Waals surface area contributed by atoms with E-state index in [-0.39, 0.29) is 12.1 Å². The lowest BCUT2D eigenvalue weighted by atomic mass is 9.90. The van der Waals surface area contributed by atoms with E-state index in [1.54, 1.807) is 6.07 Å². The van der Waals surface area contributed by atoms with E-state index in [2.05, 4.69) is 4.90 Å². The molecule has 3 aliphatic heterocycles. The molecule has 0 bridgehead atoms. The molecule has 2 unspecified atom stereocenters. The Morgan fingerprint density at radius 2 is 1.95 bits per heavy atom. The number of halogens is 2. The van der Waals surface area contributed by atoms with Gasteiger partial charge >= 0.3 is 0 Å². The third-order valence-electron chi connectivity index (χ3n) is 4.62. The molecule has 1 spiro atoms. The fourth-order valence-corrected chi connectivity index (χ4v) is 3.54. The first-order valence-electron chi connectivity index (χ1n) is 7.25. The number of nitrogens with zero attached hydrogens (tertiary/aromatic N) is 1. The van der Waals surface area contributed by atoms with E-state index >= 15 is 0 Å². The maximum absolute atomic E-state index is 13.5. The summed E-state index contributed by atoms with van der Waals surface area (Å²) >= 11 is 0. The van der Waals surface area contributed by atoms with Crippen molar-refractivity contribution in [1.82, 2.24) is 4.90 Å². The summed E-state index contributed by atoms with van der Waals surface area (Å²) < 4.78 is 43.9. The lowest BCUT2D eigenvalue weighted by Crippen LogP contribution is -2.49. The smallest absolute Gasteiger partial charge is 0.171 e. The Labute approximate surface area is 121 Å². The molecule has 3 aliphatic rings. The molecule has 4 nitrogen and oxygen atoms in total. The minimum Gasteiger partial charge on any atom is -0.356 e. The van der Waals surface area contributed by atoms with Crippen molar-refractivity contribution in [1.29, 1.82) is 0 Å². The molecule has 0 N–H and O–H groups in total. The van der Waals surface area contributed by atoms with Gasteiger partial charge in [0, 0.05) is 25.4 Å². The molecule has 6 heteroatoms. The second-order valence-electron chi connectivity index (χ2n) is 5.83. The number of benzene rings is 1. The highest BCUT2D eigenvalue weighted by Crippen LogP contribution is 2.43. The van der Waals surface area contributed by atoms with Crippen LogP contribution in [0.25, 0.3) is 0 Å². The fraction of sp³-hybridized carbons (Fsp3) is 0.600. The van der Waals surface area contributed by atoms with Crippen molar-refractivity contribution in [3.63, 3.8) is 0 Å². The number of piperidine rings is 1. The predicted molar refractivity (Wildman–Crippen MR) is 69.4 cm³/mol. The topological polar surface area (TPSA) is 30.9 Å². The average molecular weight is 297 g/mol. The van der Waals surface area contributed by atoms with Crippen LogP contribution in [0.4, 0.5) is 8.78 Å². The van der Waals surface area contributed by atoms with Crippen LogP contribution < -0.4 is 0 Å². The molecular weight excluding hydrogens is 280 g/mol. The van der Waals surface area contributed by atoms with Gasteiger partial charge in [-0.05, 0) is 17.7 Å². The molecule has 114 valence electrons. The standard InChI is InChI=1S/C15H17F2NO3/c16-11-2-1-10(7-12(11)17)14-13-8-15(20-5-6-21-15)3-4-18(13)9-19-14/h1-2,7,13-14H,3-6,8-9H2. The van der Waals surface area contributed by atoms with Crippen molar-refractivity contribution in [3.8, 4) is 0 Å². The SMILES string of the molecule is Fc1ccc(C2OCN3CCC4(CC23)OCCO4)cc1F. The highest BCUT2D eigenvalue weighted by Gasteiger charge is 2.49. The van der Waals surface area contributed by atoms with Gasteiger partial charge in [-0.15, -0.1) is 0 Å². The van der Waals surface area contributed by atoms with Gasteiger partial charge in [0.05, 0.1) is 13.2 Å². The molecular formula is C15H17F2NO3. The first kappa shape index (κ1) is 13.6. The van der Waals surface area contributed by atoms with Crippen molar-refractivity contribution in [2.75, 3.05) is 26.5 Å². The Morgan fingerprint density at radius 3 is 2.71 bits per heavy atom. The van der Waals surface area contributed by atoms with Gasteiger partial charge in [0.2, 0.25) is 0 Å². The van der Waals surface area contributed by atoms with Crippen molar-refractivity contribution in [3.05, 3.63) is 35.4 Å². The van der Waals surface area contributed by atoms with Crippen LogP contribution in [-0.2, 0) is 14.2 Å². The van der Waals surface area contributed by atoms with Crippen LogP contribution >= 0.6 is 0 Å². The molecule has 3 saturated heterocycles. The van der Waals surface area contributed by atoms with Gasteiger partial charge in [0.1, 0.15) is 12.8 Å². The lowest BCUT2D eigenvalue weighted by Gasteiger charge is -2.40. The maximum atomic E-state index is 13.5. The molecule has 1 aromatic rings. The highest BCUT2D eigenvalue weighted by molar-refractivity contribution is 5.23. The molecule has 0 aliphatic carbocycles. The summed E-state index contributed by atoms with van der Waals surface area (Å²) in [4.78, 5) is 2.21. The van der Waals surface area contributed by atoms with E-state index < -0.39 is 17.4 Å². The summed E-state index contributed by atoms with van der Waals surface area (Å²) in [5.74, 6) is -2.20.